The maximum atomic E-state index is 10.5. The molecule has 0 radical (unpaired) electrons. The van der Waals surface area contributed by atoms with E-state index in [1.165, 1.54) is 24.9 Å². The largest absolute Gasteiger partial charge is 0.386 e. The van der Waals surface area contributed by atoms with Crippen LogP contribution in [0.15, 0.2) is 29.3 Å². The van der Waals surface area contributed by atoms with Crippen LogP contribution in [0.25, 0.3) is 0 Å². The third-order valence-corrected chi connectivity index (χ3v) is 5.10. The molecule has 2 atom stereocenters. The van der Waals surface area contributed by atoms with Gasteiger partial charge in [-0.1, -0.05) is 45.0 Å². The Labute approximate surface area is 158 Å². The van der Waals surface area contributed by atoms with Gasteiger partial charge in [0, 0.05) is 19.1 Å². The quantitative estimate of drug-likeness (QED) is 0.539. The molecule has 1 aromatic rings. The number of nitrogens with zero attached hydrogens (tertiary/aromatic N) is 2. The van der Waals surface area contributed by atoms with Crippen LogP contribution < -0.4 is 10.6 Å². The average Bonchev–Trinajstić information content (AvgIpc) is 3.01. The number of aliphatic hydroxyl groups excluding tert-OH is 1. The molecule has 1 aromatic carbocycles. The molecule has 146 valence electrons. The predicted octanol–water partition coefficient (Wildman–Crippen LogP) is 2.67. The lowest BCUT2D eigenvalue weighted by Gasteiger charge is -2.21. The molecule has 0 aliphatic carbocycles. The molecule has 5 nitrogen and oxygen atoms in total. The Morgan fingerprint density at radius 2 is 1.96 bits per heavy atom. The Bertz CT molecular complexity index is 577. The van der Waals surface area contributed by atoms with Gasteiger partial charge in [-0.2, -0.15) is 0 Å². The summed E-state index contributed by atoms with van der Waals surface area (Å²) in [5, 5.41) is 17.2. The highest BCUT2D eigenvalue weighted by Crippen LogP contribution is 2.24. The van der Waals surface area contributed by atoms with Crippen molar-refractivity contribution in [3.8, 4) is 0 Å². The Morgan fingerprint density at radius 3 is 2.50 bits per heavy atom. The van der Waals surface area contributed by atoms with Crippen molar-refractivity contribution < 1.29 is 5.11 Å². The van der Waals surface area contributed by atoms with Gasteiger partial charge in [-0.3, -0.25) is 4.99 Å². The van der Waals surface area contributed by atoms with E-state index in [0.717, 1.165) is 24.6 Å². The van der Waals surface area contributed by atoms with Crippen molar-refractivity contribution in [3.05, 3.63) is 35.4 Å². The Hall–Kier alpha value is -1.59. The van der Waals surface area contributed by atoms with Gasteiger partial charge in [0.2, 0.25) is 0 Å². The minimum Gasteiger partial charge on any atom is -0.386 e. The first-order chi connectivity index (χ1) is 12.3. The van der Waals surface area contributed by atoms with Gasteiger partial charge < -0.3 is 20.6 Å². The SMILES string of the molecule is CCNC(=NCC(O)c1ccc(C(C)(C)C)cc1)NCC1CCCN1C. The fourth-order valence-corrected chi connectivity index (χ4v) is 3.28. The molecule has 0 saturated carbocycles. The number of hydrogen-bond acceptors (Lipinski definition) is 3. The first-order valence-corrected chi connectivity index (χ1v) is 9.82. The van der Waals surface area contributed by atoms with Crippen LogP contribution in [-0.2, 0) is 5.41 Å². The van der Waals surface area contributed by atoms with Crippen LogP contribution in [-0.4, -0.2) is 55.2 Å². The normalized spacial score (nSPS) is 20.2. The van der Waals surface area contributed by atoms with Crippen molar-refractivity contribution >= 4 is 5.96 Å². The highest BCUT2D eigenvalue weighted by atomic mass is 16.3. The zero-order chi connectivity index (χ0) is 19.2. The lowest BCUT2D eigenvalue weighted by Crippen LogP contribution is -2.44. The summed E-state index contributed by atoms with van der Waals surface area (Å²) >= 11 is 0. The molecule has 1 saturated heterocycles. The molecule has 1 aliphatic rings. The second-order valence-corrected chi connectivity index (χ2v) is 8.26. The van der Waals surface area contributed by atoms with Crippen LogP contribution in [0.4, 0.5) is 0 Å². The van der Waals surface area contributed by atoms with E-state index in [1.807, 2.05) is 12.1 Å². The molecular formula is C21H36N4O. The van der Waals surface area contributed by atoms with Gasteiger partial charge in [-0.25, -0.2) is 0 Å². The van der Waals surface area contributed by atoms with Crippen molar-refractivity contribution in [2.45, 2.75) is 58.1 Å². The summed E-state index contributed by atoms with van der Waals surface area (Å²) in [6, 6.07) is 8.78. The third-order valence-electron chi connectivity index (χ3n) is 5.10. The van der Waals surface area contributed by atoms with E-state index in [2.05, 4.69) is 67.4 Å². The number of nitrogens with one attached hydrogen (secondary N) is 2. The van der Waals surface area contributed by atoms with Gasteiger partial charge in [0.25, 0.3) is 0 Å². The summed E-state index contributed by atoms with van der Waals surface area (Å²) in [5.74, 6) is 0.776. The fraction of sp³-hybridized carbons (Fsp3) is 0.667. The minimum absolute atomic E-state index is 0.122. The Kier molecular flexibility index (Phi) is 7.47. The first-order valence-electron chi connectivity index (χ1n) is 9.82. The second kappa shape index (κ2) is 9.38. The summed E-state index contributed by atoms with van der Waals surface area (Å²) in [7, 11) is 2.18. The molecule has 3 N–H and O–H groups in total. The van der Waals surface area contributed by atoms with Gasteiger partial charge >= 0.3 is 0 Å². The molecule has 0 bridgehead atoms. The van der Waals surface area contributed by atoms with E-state index in [0.29, 0.717) is 12.6 Å². The van der Waals surface area contributed by atoms with E-state index >= 15 is 0 Å². The molecule has 0 aromatic heterocycles. The smallest absolute Gasteiger partial charge is 0.191 e. The third kappa shape index (κ3) is 5.99. The number of rotatable bonds is 6. The lowest BCUT2D eigenvalue weighted by atomic mass is 9.86. The van der Waals surface area contributed by atoms with Crippen molar-refractivity contribution in [2.24, 2.45) is 4.99 Å². The zero-order valence-corrected chi connectivity index (χ0v) is 17.0. The van der Waals surface area contributed by atoms with Gasteiger partial charge in [0.1, 0.15) is 0 Å². The molecule has 5 heteroatoms. The predicted molar refractivity (Wildman–Crippen MR) is 110 cm³/mol. The molecule has 1 heterocycles. The van der Waals surface area contributed by atoms with Gasteiger partial charge in [-0.05, 0) is 49.9 Å². The first kappa shape index (κ1) is 20.7. The number of hydrogen-bond donors (Lipinski definition) is 3. The summed E-state index contributed by atoms with van der Waals surface area (Å²) in [6.45, 7) is 11.9. The van der Waals surface area contributed by atoms with Gasteiger partial charge in [-0.15, -0.1) is 0 Å². The number of benzene rings is 1. The van der Waals surface area contributed by atoms with Crippen molar-refractivity contribution in [1.29, 1.82) is 0 Å². The summed E-state index contributed by atoms with van der Waals surface area (Å²) in [6.07, 6.45) is 1.90. The number of guanidine groups is 1. The van der Waals surface area contributed by atoms with Gasteiger partial charge in [0.15, 0.2) is 5.96 Å². The van der Waals surface area contributed by atoms with Crippen LogP contribution in [0.5, 0.6) is 0 Å². The van der Waals surface area contributed by atoms with Gasteiger partial charge in [0.05, 0.1) is 12.6 Å². The van der Waals surface area contributed by atoms with Crippen molar-refractivity contribution in [1.82, 2.24) is 15.5 Å². The fourth-order valence-electron chi connectivity index (χ4n) is 3.28. The number of aliphatic imine (C=N–C) groups is 1. The highest BCUT2D eigenvalue weighted by molar-refractivity contribution is 5.79. The maximum absolute atomic E-state index is 10.5. The van der Waals surface area contributed by atoms with Crippen LogP contribution in [0, 0.1) is 0 Å². The monoisotopic (exact) mass is 360 g/mol. The number of likely N-dealkylation sites (N-methyl/N-ethyl adjacent to an activating group) is 1. The van der Waals surface area contributed by atoms with Crippen LogP contribution in [0.3, 0.4) is 0 Å². The zero-order valence-electron chi connectivity index (χ0n) is 17.0. The van der Waals surface area contributed by atoms with E-state index in [9.17, 15) is 5.11 Å². The highest BCUT2D eigenvalue weighted by Gasteiger charge is 2.20. The van der Waals surface area contributed by atoms with E-state index in [1.54, 1.807) is 0 Å². The molecule has 26 heavy (non-hydrogen) atoms. The van der Waals surface area contributed by atoms with Crippen molar-refractivity contribution in [2.75, 3.05) is 33.2 Å². The van der Waals surface area contributed by atoms with E-state index < -0.39 is 6.10 Å². The lowest BCUT2D eigenvalue weighted by molar-refractivity contribution is 0.187. The number of likely N-dealkylation sites (tertiary alicyclic amines) is 1. The molecule has 2 unspecified atom stereocenters. The second-order valence-electron chi connectivity index (χ2n) is 8.26. The van der Waals surface area contributed by atoms with E-state index in [4.69, 9.17) is 0 Å². The molecule has 1 aliphatic heterocycles. The Balaban J connectivity index is 1.92. The summed E-state index contributed by atoms with van der Waals surface area (Å²) in [5.41, 5.74) is 2.30. The molecular weight excluding hydrogens is 324 g/mol. The average molecular weight is 361 g/mol. The Morgan fingerprint density at radius 1 is 1.27 bits per heavy atom. The molecule has 0 amide bonds. The molecule has 0 spiro atoms. The van der Waals surface area contributed by atoms with E-state index in [-0.39, 0.29) is 5.41 Å². The molecule has 1 fully saturated rings. The van der Waals surface area contributed by atoms with Crippen LogP contribution in [0.1, 0.15) is 57.8 Å². The van der Waals surface area contributed by atoms with Crippen molar-refractivity contribution in [3.63, 3.8) is 0 Å². The van der Waals surface area contributed by atoms with Crippen LogP contribution in [0.2, 0.25) is 0 Å². The van der Waals surface area contributed by atoms with Crippen LogP contribution >= 0.6 is 0 Å². The maximum Gasteiger partial charge on any atom is 0.191 e. The summed E-state index contributed by atoms with van der Waals surface area (Å²) < 4.78 is 0. The topological polar surface area (TPSA) is 59.9 Å². The standard InChI is InChI=1S/C21H36N4O/c1-6-22-20(23-14-18-8-7-13-25(18)5)24-15-19(26)16-9-11-17(12-10-16)21(2,3)4/h9-12,18-19,26H,6-8,13-15H2,1-5H3,(H2,22,23,24). The number of aliphatic hydroxyl groups is 1. The summed E-state index contributed by atoms with van der Waals surface area (Å²) in [4.78, 5) is 6.96. The molecule has 2 rings (SSSR count). The minimum atomic E-state index is -0.589.